The second kappa shape index (κ2) is 5.95. The molecule has 0 N–H and O–H groups in total. The van der Waals surface area contributed by atoms with Gasteiger partial charge in [0.25, 0.3) is 0 Å². The Morgan fingerprint density at radius 2 is 0.909 bits per heavy atom. The monoisotopic (exact) mass is 280 g/mol. The van der Waals surface area contributed by atoms with E-state index < -0.39 is 0 Å². The number of nitrogens with zero attached hydrogens (tertiary/aromatic N) is 2. The van der Waals surface area contributed by atoms with Gasteiger partial charge in [0.05, 0.1) is 13.1 Å². The SMILES string of the molecule is [C-]#[N+]c1cc(-c2ccccc2)c(-c2ccccc2)cc1[N+]#[C-]. The van der Waals surface area contributed by atoms with Gasteiger partial charge in [-0.25, -0.2) is 0 Å². The van der Waals surface area contributed by atoms with Crippen molar-refractivity contribution in [3.63, 3.8) is 0 Å². The van der Waals surface area contributed by atoms with Gasteiger partial charge in [0.2, 0.25) is 0 Å². The Hall–Kier alpha value is -3.36. The Bertz CT molecular complexity index is 806. The molecule has 0 saturated carbocycles. The van der Waals surface area contributed by atoms with E-state index in [2.05, 4.69) is 9.69 Å². The highest BCUT2D eigenvalue weighted by atomic mass is 14.7. The molecule has 0 aromatic heterocycles. The van der Waals surface area contributed by atoms with Crippen LogP contribution in [-0.2, 0) is 0 Å². The van der Waals surface area contributed by atoms with Gasteiger partial charge in [-0.1, -0.05) is 72.8 Å². The number of benzene rings is 3. The first-order valence-electron chi connectivity index (χ1n) is 6.87. The summed E-state index contributed by atoms with van der Waals surface area (Å²) in [6.07, 6.45) is 0. The van der Waals surface area contributed by atoms with E-state index in [1.165, 1.54) is 0 Å². The maximum Gasteiger partial charge on any atom is 0.195 e. The Balaban J connectivity index is 2.32. The molecule has 102 valence electrons. The van der Waals surface area contributed by atoms with Gasteiger partial charge < -0.3 is 0 Å². The van der Waals surface area contributed by atoms with Gasteiger partial charge in [-0.3, -0.25) is 9.69 Å². The molecule has 0 amide bonds. The van der Waals surface area contributed by atoms with Crippen molar-refractivity contribution < 1.29 is 0 Å². The van der Waals surface area contributed by atoms with Crippen LogP contribution in [0.25, 0.3) is 31.9 Å². The van der Waals surface area contributed by atoms with Crippen LogP contribution < -0.4 is 0 Å². The lowest BCUT2D eigenvalue weighted by atomic mass is 9.93. The predicted octanol–water partition coefficient (Wildman–Crippen LogP) is 6.12. The van der Waals surface area contributed by atoms with Crippen molar-refractivity contribution in [1.29, 1.82) is 0 Å². The first-order valence-corrected chi connectivity index (χ1v) is 6.87. The van der Waals surface area contributed by atoms with Gasteiger partial charge in [-0.05, 0) is 22.3 Å². The fourth-order valence-electron chi connectivity index (χ4n) is 2.47. The highest BCUT2D eigenvalue weighted by Gasteiger charge is 2.12. The molecule has 0 aliphatic heterocycles. The summed E-state index contributed by atoms with van der Waals surface area (Å²) in [6, 6.07) is 23.6. The molecule has 2 nitrogen and oxygen atoms in total. The molecule has 0 bridgehead atoms. The number of rotatable bonds is 2. The minimum absolute atomic E-state index is 0.397. The van der Waals surface area contributed by atoms with Gasteiger partial charge in [-0.2, -0.15) is 0 Å². The predicted molar refractivity (Wildman–Crippen MR) is 89.8 cm³/mol. The maximum absolute atomic E-state index is 7.30. The lowest BCUT2D eigenvalue weighted by Crippen LogP contribution is -1.85. The Kier molecular flexibility index (Phi) is 3.69. The first kappa shape index (κ1) is 13.6. The van der Waals surface area contributed by atoms with Gasteiger partial charge in [0.1, 0.15) is 0 Å². The highest BCUT2D eigenvalue weighted by molar-refractivity contribution is 5.91. The zero-order chi connectivity index (χ0) is 15.4. The molecule has 0 atom stereocenters. The van der Waals surface area contributed by atoms with Crippen LogP contribution in [0.15, 0.2) is 72.8 Å². The largest absolute Gasteiger partial charge is 0.250 e. The third kappa shape index (κ3) is 2.46. The van der Waals surface area contributed by atoms with Crippen molar-refractivity contribution in [2.45, 2.75) is 0 Å². The van der Waals surface area contributed by atoms with Crippen LogP contribution in [0.1, 0.15) is 0 Å². The molecule has 0 heterocycles. The smallest absolute Gasteiger partial charge is 0.195 e. The summed E-state index contributed by atoms with van der Waals surface area (Å²) in [5.74, 6) is 0. The molecule has 3 aromatic carbocycles. The normalized spacial score (nSPS) is 9.73. The molecule has 2 heteroatoms. The summed E-state index contributed by atoms with van der Waals surface area (Å²) in [4.78, 5) is 7.00. The van der Waals surface area contributed by atoms with Crippen LogP contribution in [-0.4, -0.2) is 0 Å². The Morgan fingerprint density at radius 1 is 0.545 bits per heavy atom. The summed E-state index contributed by atoms with van der Waals surface area (Å²) in [6.45, 7) is 14.6. The zero-order valence-corrected chi connectivity index (χ0v) is 11.8. The summed E-state index contributed by atoms with van der Waals surface area (Å²) < 4.78 is 0. The first-order chi connectivity index (χ1) is 10.8. The van der Waals surface area contributed by atoms with E-state index in [0.717, 1.165) is 22.3 Å². The molecule has 0 radical (unpaired) electrons. The lowest BCUT2D eigenvalue weighted by Gasteiger charge is -2.12. The Labute approximate surface area is 129 Å². The van der Waals surface area contributed by atoms with Crippen molar-refractivity contribution >= 4 is 11.4 Å². The van der Waals surface area contributed by atoms with Crippen LogP contribution in [0.5, 0.6) is 0 Å². The molecular formula is C20H12N2. The van der Waals surface area contributed by atoms with Crippen molar-refractivity contribution in [3.8, 4) is 22.3 Å². The topological polar surface area (TPSA) is 8.72 Å². The standard InChI is InChI=1S/C20H12N2/c1-21-19-13-17(15-9-5-3-6-10-15)18(14-20(19)22-2)16-11-7-4-8-12-16/h3-14H. The van der Waals surface area contributed by atoms with E-state index in [4.69, 9.17) is 13.1 Å². The van der Waals surface area contributed by atoms with Gasteiger partial charge in [0, 0.05) is 0 Å². The molecule has 0 aliphatic rings. The quantitative estimate of drug-likeness (QED) is 0.500. The molecular weight excluding hydrogens is 268 g/mol. The maximum atomic E-state index is 7.30. The fourth-order valence-corrected chi connectivity index (χ4v) is 2.47. The van der Waals surface area contributed by atoms with Crippen LogP contribution in [0, 0.1) is 13.1 Å². The lowest BCUT2D eigenvalue weighted by molar-refractivity contribution is 1.59. The van der Waals surface area contributed by atoms with E-state index >= 15 is 0 Å². The summed E-state index contributed by atoms with van der Waals surface area (Å²) in [5.41, 5.74) is 4.84. The van der Waals surface area contributed by atoms with Crippen molar-refractivity contribution in [1.82, 2.24) is 0 Å². The van der Waals surface area contributed by atoms with Crippen LogP contribution in [0.2, 0.25) is 0 Å². The molecule has 0 saturated heterocycles. The van der Waals surface area contributed by atoms with Gasteiger partial charge >= 0.3 is 0 Å². The average Bonchev–Trinajstić information content (AvgIpc) is 2.62. The second-order valence-corrected chi connectivity index (χ2v) is 4.84. The molecule has 3 aromatic rings. The molecule has 0 spiro atoms. The molecule has 0 unspecified atom stereocenters. The number of hydrogen-bond acceptors (Lipinski definition) is 0. The third-order valence-corrected chi connectivity index (χ3v) is 3.53. The highest BCUT2D eigenvalue weighted by Crippen LogP contribution is 2.41. The fraction of sp³-hybridized carbons (Fsp3) is 0. The Morgan fingerprint density at radius 3 is 1.23 bits per heavy atom. The minimum Gasteiger partial charge on any atom is -0.250 e. The minimum atomic E-state index is 0.397. The van der Waals surface area contributed by atoms with Crippen molar-refractivity contribution in [3.05, 3.63) is 95.6 Å². The summed E-state index contributed by atoms with van der Waals surface area (Å²) in [5, 5.41) is 0. The van der Waals surface area contributed by atoms with E-state index in [1.807, 2.05) is 72.8 Å². The van der Waals surface area contributed by atoms with E-state index in [-0.39, 0.29) is 0 Å². The van der Waals surface area contributed by atoms with Crippen molar-refractivity contribution in [2.24, 2.45) is 0 Å². The molecule has 0 aliphatic carbocycles. The van der Waals surface area contributed by atoms with Crippen LogP contribution >= 0.6 is 0 Å². The number of hydrogen-bond donors (Lipinski definition) is 0. The second-order valence-electron chi connectivity index (χ2n) is 4.84. The average molecular weight is 280 g/mol. The summed E-state index contributed by atoms with van der Waals surface area (Å²) in [7, 11) is 0. The van der Waals surface area contributed by atoms with Gasteiger partial charge in [-0.15, -0.1) is 0 Å². The third-order valence-electron chi connectivity index (χ3n) is 3.53. The zero-order valence-electron chi connectivity index (χ0n) is 11.8. The van der Waals surface area contributed by atoms with E-state index in [9.17, 15) is 0 Å². The van der Waals surface area contributed by atoms with Crippen LogP contribution in [0.4, 0.5) is 11.4 Å². The van der Waals surface area contributed by atoms with Crippen molar-refractivity contribution in [2.75, 3.05) is 0 Å². The molecule has 0 fully saturated rings. The molecule has 22 heavy (non-hydrogen) atoms. The van der Waals surface area contributed by atoms with E-state index in [1.54, 1.807) is 0 Å². The van der Waals surface area contributed by atoms with E-state index in [0.29, 0.717) is 11.4 Å². The van der Waals surface area contributed by atoms with Gasteiger partial charge in [0.15, 0.2) is 11.4 Å². The van der Waals surface area contributed by atoms with Crippen LogP contribution in [0.3, 0.4) is 0 Å². The molecule has 3 rings (SSSR count). The summed E-state index contributed by atoms with van der Waals surface area (Å²) >= 11 is 0.